The smallest absolute Gasteiger partial charge is 0.303 e. The maximum atomic E-state index is 11.5. The van der Waals surface area contributed by atoms with Crippen LogP contribution in [0.1, 0.15) is 58.4 Å². The molecule has 1 aromatic rings. The molecule has 0 aromatic carbocycles. The summed E-state index contributed by atoms with van der Waals surface area (Å²) >= 11 is 0. The summed E-state index contributed by atoms with van der Waals surface area (Å²) in [6.07, 6.45) is 9.06. The number of carbonyl (C=O) groups excluding carboxylic acids is 1. The lowest BCUT2D eigenvalue weighted by Gasteiger charge is -2.46. The Kier molecular flexibility index (Phi) is 3.27. The first-order valence-corrected chi connectivity index (χ1v) is 7.77. The quantitative estimate of drug-likeness (QED) is 0.596. The van der Waals surface area contributed by atoms with E-state index in [-0.39, 0.29) is 28.8 Å². The van der Waals surface area contributed by atoms with E-state index in [0.717, 1.165) is 12.0 Å². The minimum atomic E-state index is -0.217. The summed E-state index contributed by atoms with van der Waals surface area (Å²) in [6, 6.07) is 2.00. The standard InChI is InChI=1S/C18H24O3/c1-12(19)21-14-10-15-17(2,3)7-5-8-18(15,4)16(14)13-6-9-20-11-13/h6,9-11,14,16H,5,7-8H2,1-4H3/t14-,16?,18?/m1/s1. The zero-order chi connectivity index (χ0) is 15.3. The van der Waals surface area contributed by atoms with Crippen LogP contribution in [0.2, 0.25) is 0 Å². The molecule has 3 atom stereocenters. The largest absolute Gasteiger partial charge is 0.472 e. The van der Waals surface area contributed by atoms with Crippen LogP contribution >= 0.6 is 0 Å². The van der Waals surface area contributed by atoms with E-state index in [0.29, 0.717) is 0 Å². The van der Waals surface area contributed by atoms with Crippen LogP contribution in [-0.2, 0) is 9.53 Å². The Labute approximate surface area is 126 Å². The monoisotopic (exact) mass is 288 g/mol. The third-order valence-electron chi connectivity index (χ3n) is 5.39. The molecule has 0 aliphatic heterocycles. The van der Waals surface area contributed by atoms with E-state index >= 15 is 0 Å². The molecular formula is C18H24O3. The molecule has 0 saturated heterocycles. The van der Waals surface area contributed by atoms with Crippen LogP contribution in [0, 0.1) is 10.8 Å². The molecule has 0 radical (unpaired) electrons. The van der Waals surface area contributed by atoms with Crippen molar-refractivity contribution >= 4 is 5.97 Å². The zero-order valence-corrected chi connectivity index (χ0v) is 13.3. The fourth-order valence-electron chi connectivity index (χ4n) is 4.61. The summed E-state index contributed by atoms with van der Waals surface area (Å²) in [5, 5.41) is 0. The number of ether oxygens (including phenoxy) is 1. The summed E-state index contributed by atoms with van der Waals surface area (Å²) in [7, 11) is 0. The van der Waals surface area contributed by atoms with Crippen molar-refractivity contribution in [2.75, 3.05) is 0 Å². The number of hydrogen-bond donors (Lipinski definition) is 0. The van der Waals surface area contributed by atoms with E-state index in [1.54, 1.807) is 12.5 Å². The molecule has 3 heteroatoms. The van der Waals surface area contributed by atoms with Gasteiger partial charge in [0, 0.05) is 12.8 Å². The Balaban J connectivity index is 2.06. The van der Waals surface area contributed by atoms with Gasteiger partial charge in [0.2, 0.25) is 0 Å². The van der Waals surface area contributed by atoms with Crippen molar-refractivity contribution in [1.82, 2.24) is 0 Å². The molecule has 2 aliphatic carbocycles. The number of furan rings is 1. The highest BCUT2D eigenvalue weighted by molar-refractivity contribution is 5.67. The SMILES string of the molecule is CC(=O)O[C@@H]1C=C2C(C)(C)CCCC2(C)C1c1ccoc1. The number of rotatable bonds is 2. The maximum absolute atomic E-state index is 11.5. The van der Waals surface area contributed by atoms with E-state index in [1.807, 2.05) is 6.07 Å². The van der Waals surface area contributed by atoms with E-state index in [1.165, 1.54) is 25.3 Å². The van der Waals surface area contributed by atoms with E-state index in [9.17, 15) is 4.79 Å². The van der Waals surface area contributed by atoms with E-state index < -0.39 is 0 Å². The lowest BCUT2D eigenvalue weighted by atomic mass is 9.58. The van der Waals surface area contributed by atoms with Gasteiger partial charge in [-0.2, -0.15) is 0 Å². The van der Waals surface area contributed by atoms with E-state index in [2.05, 4.69) is 26.8 Å². The lowest BCUT2D eigenvalue weighted by Crippen LogP contribution is -2.37. The van der Waals surface area contributed by atoms with Crippen LogP contribution in [0.4, 0.5) is 0 Å². The maximum Gasteiger partial charge on any atom is 0.303 e. The Morgan fingerprint density at radius 1 is 1.33 bits per heavy atom. The predicted molar refractivity (Wildman–Crippen MR) is 80.8 cm³/mol. The van der Waals surface area contributed by atoms with Gasteiger partial charge in [0.1, 0.15) is 6.10 Å². The van der Waals surface area contributed by atoms with Crippen molar-refractivity contribution in [2.45, 2.75) is 59.0 Å². The Bertz CT molecular complexity index is 567. The van der Waals surface area contributed by atoms with Gasteiger partial charge >= 0.3 is 5.97 Å². The molecule has 21 heavy (non-hydrogen) atoms. The summed E-state index contributed by atoms with van der Waals surface area (Å²) in [5.41, 5.74) is 2.79. The second-order valence-electron chi connectivity index (χ2n) is 7.34. The molecule has 2 unspecified atom stereocenters. The molecule has 2 aliphatic rings. The lowest BCUT2D eigenvalue weighted by molar-refractivity contribution is -0.145. The predicted octanol–water partition coefficient (Wildman–Crippen LogP) is 4.45. The summed E-state index contributed by atoms with van der Waals surface area (Å²) in [4.78, 5) is 11.5. The molecule has 3 rings (SSSR count). The fourth-order valence-corrected chi connectivity index (χ4v) is 4.61. The van der Waals surface area contributed by atoms with Crippen LogP contribution in [0.15, 0.2) is 34.7 Å². The van der Waals surface area contributed by atoms with Crippen molar-refractivity contribution in [2.24, 2.45) is 10.8 Å². The van der Waals surface area contributed by atoms with Gasteiger partial charge < -0.3 is 9.15 Å². The number of hydrogen-bond acceptors (Lipinski definition) is 3. The van der Waals surface area contributed by atoms with Gasteiger partial charge in [0.15, 0.2) is 0 Å². The molecule has 0 amide bonds. The van der Waals surface area contributed by atoms with Gasteiger partial charge in [0.05, 0.1) is 12.5 Å². The Morgan fingerprint density at radius 2 is 2.10 bits per heavy atom. The second-order valence-corrected chi connectivity index (χ2v) is 7.34. The highest BCUT2D eigenvalue weighted by atomic mass is 16.5. The van der Waals surface area contributed by atoms with Gasteiger partial charge in [-0.05, 0) is 41.4 Å². The summed E-state index contributed by atoms with van der Waals surface area (Å²) in [5.74, 6) is -0.0554. The first-order valence-electron chi connectivity index (χ1n) is 7.77. The van der Waals surface area contributed by atoms with Gasteiger partial charge in [0.25, 0.3) is 0 Å². The summed E-state index contributed by atoms with van der Waals surface area (Å²) in [6.45, 7) is 8.42. The van der Waals surface area contributed by atoms with Gasteiger partial charge in [-0.1, -0.05) is 32.8 Å². The van der Waals surface area contributed by atoms with Crippen molar-refractivity contribution in [3.63, 3.8) is 0 Å². The van der Waals surface area contributed by atoms with Crippen LogP contribution in [0.3, 0.4) is 0 Å². The topological polar surface area (TPSA) is 39.4 Å². The van der Waals surface area contributed by atoms with Crippen LogP contribution in [0.25, 0.3) is 0 Å². The molecule has 3 nitrogen and oxygen atoms in total. The van der Waals surface area contributed by atoms with Gasteiger partial charge in [-0.3, -0.25) is 4.79 Å². The van der Waals surface area contributed by atoms with Crippen molar-refractivity contribution in [3.05, 3.63) is 35.8 Å². The second kappa shape index (κ2) is 4.75. The number of fused-ring (bicyclic) bond motifs is 1. The van der Waals surface area contributed by atoms with Crippen molar-refractivity contribution in [1.29, 1.82) is 0 Å². The van der Waals surface area contributed by atoms with E-state index in [4.69, 9.17) is 9.15 Å². The summed E-state index contributed by atoms with van der Waals surface area (Å²) < 4.78 is 10.9. The van der Waals surface area contributed by atoms with Gasteiger partial charge in [-0.15, -0.1) is 0 Å². The van der Waals surface area contributed by atoms with Crippen LogP contribution in [-0.4, -0.2) is 12.1 Å². The average molecular weight is 288 g/mol. The number of allylic oxidation sites excluding steroid dienone is 1. The van der Waals surface area contributed by atoms with Crippen molar-refractivity contribution in [3.8, 4) is 0 Å². The zero-order valence-electron chi connectivity index (χ0n) is 13.3. The molecule has 0 bridgehead atoms. The highest BCUT2D eigenvalue weighted by Gasteiger charge is 2.54. The average Bonchev–Trinajstić information content (AvgIpc) is 2.94. The molecular weight excluding hydrogens is 264 g/mol. The third-order valence-corrected chi connectivity index (χ3v) is 5.39. The molecule has 1 fully saturated rings. The van der Waals surface area contributed by atoms with Crippen molar-refractivity contribution < 1.29 is 13.9 Å². The molecule has 1 aromatic heterocycles. The minimum absolute atomic E-state index is 0.0474. The van der Waals surface area contributed by atoms with Gasteiger partial charge in [-0.25, -0.2) is 0 Å². The first-order chi connectivity index (χ1) is 9.84. The molecule has 0 N–H and O–H groups in total. The molecule has 114 valence electrons. The molecule has 1 heterocycles. The highest BCUT2D eigenvalue weighted by Crippen LogP contribution is 2.62. The Hall–Kier alpha value is -1.51. The molecule has 1 saturated carbocycles. The fraction of sp³-hybridized carbons (Fsp3) is 0.611. The number of esters is 1. The third kappa shape index (κ3) is 2.23. The number of carbonyl (C=O) groups is 1. The van der Waals surface area contributed by atoms with Crippen LogP contribution < -0.4 is 0 Å². The Morgan fingerprint density at radius 3 is 2.71 bits per heavy atom. The van der Waals surface area contributed by atoms with Crippen LogP contribution in [0.5, 0.6) is 0 Å². The molecule has 0 spiro atoms. The minimum Gasteiger partial charge on any atom is -0.472 e. The normalized spacial score (nSPS) is 34.2. The first kappa shape index (κ1) is 14.4.